The summed E-state index contributed by atoms with van der Waals surface area (Å²) in [5.41, 5.74) is 0. The molecule has 1 aromatic carbocycles. The van der Waals surface area contributed by atoms with Crippen molar-refractivity contribution in [3.8, 4) is 5.75 Å². The molecular weight excluding hydrogens is 211 g/mol. The molecule has 4 heteroatoms. The van der Waals surface area contributed by atoms with Crippen LogP contribution in [0.25, 0.3) is 0 Å². The number of carbonyl (C=O) groups excluding carboxylic acids is 1. The van der Waals surface area contributed by atoms with Crippen LogP contribution in [0.15, 0.2) is 24.3 Å². The molecule has 16 heavy (non-hydrogen) atoms. The van der Waals surface area contributed by atoms with E-state index < -0.39 is 17.9 Å². The first-order chi connectivity index (χ1) is 7.49. The van der Waals surface area contributed by atoms with Gasteiger partial charge in [-0.05, 0) is 32.9 Å². The van der Waals surface area contributed by atoms with Crippen molar-refractivity contribution in [2.45, 2.75) is 33.0 Å². The fourth-order valence-electron chi connectivity index (χ4n) is 1.12. The third kappa shape index (κ3) is 3.88. The van der Waals surface area contributed by atoms with Crippen molar-refractivity contribution in [3.63, 3.8) is 0 Å². The topological polar surface area (TPSA) is 35.5 Å². The molecule has 1 rings (SSSR count). The first kappa shape index (κ1) is 12.5. The van der Waals surface area contributed by atoms with Gasteiger partial charge in [0.05, 0.1) is 6.10 Å². The number of carbonyl (C=O) groups is 1. The Morgan fingerprint density at radius 1 is 1.31 bits per heavy atom. The molecule has 0 saturated heterocycles. The second kappa shape index (κ2) is 5.49. The van der Waals surface area contributed by atoms with Gasteiger partial charge in [-0.25, -0.2) is 9.18 Å². The van der Waals surface area contributed by atoms with E-state index in [1.807, 2.05) is 0 Å². The van der Waals surface area contributed by atoms with Crippen LogP contribution in [0.4, 0.5) is 4.39 Å². The van der Waals surface area contributed by atoms with E-state index in [1.165, 1.54) is 18.2 Å². The molecule has 1 atom stereocenters. The summed E-state index contributed by atoms with van der Waals surface area (Å²) in [6.07, 6.45) is -0.935. The van der Waals surface area contributed by atoms with E-state index in [9.17, 15) is 9.18 Å². The van der Waals surface area contributed by atoms with Crippen LogP contribution < -0.4 is 4.74 Å². The molecule has 0 amide bonds. The zero-order valence-electron chi connectivity index (χ0n) is 9.57. The molecule has 0 aromatic heterocycles. The SMILES string of the molecule is CC(C)OC(=O)C(C)Oc1cccc(F)c1. The lowest BCUT2D eigenvalue weighted by Gasteiger charge is -2.15. The minimum absolute atomic E-state index is 0.189. The molecule has 0 N–H and O–H groups in total. The molecule has 1 aromatic rings. The van der Waals surface area contributed by atoms with Gasteiger partial charge in [0.1, 0.15) is 11.6 Å². The van der Waals surface area contributed by atoms with Crippen LogP contribution in [0.2, 0.25) is 0 Å². The largest absolute Gasteiger partial charge is 0.479 e. The Morgan fingerprint density at radius 2 is 2.00 bits per heavy atom. The second-order valence-electron chi connectivity index (χ2n) is 3.70. The van der Waals surface area contributed by atoms with Crippen molar-refractivity contribution in [2.24, 2.45) is 0 Å². The van der Waals surface area contributed by atoms with Crippen molar-refractivity contribution in [3.05, 3.63) is 30.1 Å². The van der Waals surface area contributed by atoms with Gasteiger partial charge in [0.15, 0.2) is 6.10 Å². The van der Waals surface area contributed by atoms with Crippen LogP contribution in [-0.4, -0.2) is 18.2 Å². The Bertz CT molecular complexity index is 363. The lowest BCUT2D eigenvalue weighted by Crippen LogP contribution is -2.28. The summed E-state index contributed by atoms with van der Waals surface area (Å²) in [5.74, 6) is -0.547. The van der Waals surface area contributed by atoms with Gasteiger partial charge in [-0.2, -0.15) is 0 Å². The van der Waals surface area contributed by atoms with Crippen LogP contribution >= 0.6 is 0 Å². The highest BCUT2D eigenvalue weighted by Crippen LogP contribution is 2.14. The Morgan fingerprint density at radius 3 is 2.56 bits per heavy atom. The Labute approximate surface area is 94.2 Å². The van der Waals surface area contributed by atoms with Gasteiger partial charge in [-0.15, -0.1) is 0 Å². The third-order valence-corrected chi connectivity index (χ3v) is 1.79. The van der Waals surface area contributed by atoms with E-state index in [-0.39, 0.29) is 6.10 Å². The van der Waals surface area contributed by atoms with Gasteiger partial charge in [-0.3, -0.25) is 0 Å². The lowest BCUT2D eigenvalue weighted by atomic mass is 10.3. The molecule has 0 radical (unpaired) electrons. The first-order valence-electron chi connectivity index (χ1n) is 5.11. The van der Waals surface area contributed by atoms with Gasteiger partial charge < -0.3 is 9.47 Å². The van der Waals surface area contributed by atoms with E-state index in [0.29, 0.717) is 5.75 Å². The van der Waals surface area contributed by atoms with Gasteiger partial charge in [-0.1, -0.05) is 6.07 Å². The number of hydrogen-bond donors (Lipinski definition) is 0. The highest BCUT2D eigenvalue weighted by atomic mass is 19.1. The Hall–Kier alpha value is -1.58. The molecule has 0 aliphatic rings. The van der Waals surface area contributed by atoms with Crippen molar-refractivity contribution >= 4 is 5.97 Å². The summed E-state index contributed by atoms with van der Waals surface area (Å²) in [6.45, 7) is 5.08. The third-order valence-electron chi connectivity index (χ3n) is 1.79. The number of rotatable bonds is 4. The number of benzene rings is 1. The Balaban J connectivity index is 2.57. The van der Waals surface area contributed by atoms with Crippen LogP contribution in [0.5, 0.6) is 5.75 Å². The summed E-state index contributed by atoms with van der Waals surface area (Å²) in [5, 5.41) is 0. The van der Waals surface area contributed by atoms with Crippen molar-refractivity contribution in [1.29, 1.82) is 0 Å². The fourth-order valence-corrected chi connectivity index (χ4v) is 1.12. The molecule has 0 spiro atoms. The highest BCUT2D eigenvalue weighted by molar-refractivity contribution is 5.74. The average molecular weight is 226 g/mol. The second-order valence-corrected chi connectivity index (χ2v) is 3.70. The minimum Gasteiger partial charge on any atom is -0.479 e. The maximum Gasteiger partial charge on any atom is 0.347 e. The van der Waals surface area contributed by atoms with Crippen LogP contribution in [0.3, 0.4) is 0 Å². The molecule has 0 aliphatic carbocycles. The molecule has 3 nitrogen and oxygen atoms in total. The van der Waals surface area contributed by atoms with Gasteiger partial charge in [0, 0.05) is 6.07 Å². The normalized spacial score (nSPS) is 12.3. The molecule has 0 aliphatic heterocycles. The van der Waals surface area contributed by atoms with Gasteiger partial charge >= 0.3 is 5.97 Å². The number of ether oxygens (including phenoxy) is 2. The monoisotopic (exact) mass is 226 g/mol. The highest BCUT2D eigenvalue weighted by Gasteiger charge is 2.17. The molecule has 0 saturated carbocycles. The van der Waals surface area contributed by atoms with E-state index in [2.05, 4.69) is 0 Å². The van der Waals surface area contributed by atoms with E-state index >= 15 is 0 Å². The van der Waals surface area contributed by atoms with Crippen molar-refractivity contribution in [2.75, 3.05) is 0 Å². The minimum atomic E-state index is -0.746. The van der Waals surface area contributed by atoms with Gasteiger partial charge in [0.2, 0.25) is 0 Å². The summed E-state index contributed by atoms with van der Waals surface area (Å²) in [7, 11) is 0. The van der Waals surface area contributed by atoms with Crippen molar-refractivity contribution < 1.29 is 18.7 Å². The molecule has 0 fully saturated rings. The molecule has 0 bridgehead atoms. The molecule has 0 heterocycles. The van der Waals surface area contributed by atoms with Crippen molar-refractivity contribution in [1.82, 2.24) is 0 Å². The fraction of sp³-hybridized carbons (Fsp3) is 0.417. The smallest absolute Gasteiger partial charge is 0.347 e. The van der Waals surface area contributed by atoms with Crippen LogP contribution in [0, 0.1) is 5.82 Å². The maximum absolute atomic E-state index is 12.8. The maximum atomic E-state index is 12.8. The number of hydrogen-bond acceptors (Lipinski definition) is 3. The van der Waals surface area contributed by atoms with Gasteiger partial charge in [0.25, 0.3) is 0 Å². The number of halogens is 1. The quantitative estimate of drug-likeness (QED) is 0.740. The van der Waals surface area contributed by atoms with E-state index in [0.717, 1.165) is 0 Å². The molecule has 1 unspecified atom stereocenters. The van der Waals surface area contributed by atoms with E-state index in [1.54, 1.807) is 26.8 Å². The van der Waals surface area contributed by atoms with Crippen LogP contribution in [0.1, 0.15) is 20.8 Å². The lowest BCUT2D eigenvalue weighted by molar-refractivity contribution is -0.154. The summed E-state index contributed by atoms with van der Waals surface area (Å²) in [4.78, 5) is 11.4. The zero-order chi connectivity index (χ0) is 12.1. The number of esters is 1. The average Bonchev–Trinajstić information content (AvgIpc) is 2.16. The van der Waals surface area contributed by atoms with E-state index in [4.69, 9.17) is 9.47 Å². The predicted molar refractivity (Wildman–Crippen MR) is 57.7 cm³/mol. The zero-order valence-corrected chi connectivity index (χ0v) is 9.57. The Kier molecular flexibility index (Phi) is 4.28. The molecule has 88 valence electrons. The first-order valence-corrected chi connectivity index (χ1v) is 5.11. The summed E-state index contributed by atoms with van der Waals surface area (Å²) in [6, 6.07) is 5.64. The standard InChI is InChI=1S/C12H15FO3/c1-8(2)15-12(14)9(3)16-11-6-4-5-10(13)7-11/h4-9H,1-3H3. The summed E-state index contributed by atoms with van der Waals surface area (Å²) >= 11 is 0. The van der Waals surface area contributed by atoms with Crippen LogP contribution in [-0.2, 0) is 9.53 Å². The summed E-state index contributed by atoms with van der Waals surface area (Å²) < 4.78 is 23.0. The molecular formula is C12H15FO3. The predicted octanol–water partition coefficient (Wildman–Crippen LogP) is 2.54.